The Hall–Kier alpha value is -1.94. The van der Waals surface area contributed by atoms with Gasteiger partial charge >= 0.3 is 39.5 Å². The molecule has 0 aromatic heterocycles. The maximum absolute atomic E-state index is 13.1. The van der Waals surface area contributed by atoms with Gasteiger partial charge < -0.3 is 33.8 Å². The minimum atomic E-state index is -4.96. The van der Waals surface area contributed by atoms with Crippen LogP contribution in [-0.2, 0) is 65.4 Å². The summed E-state index contributed by atoms with van der Waals surface area (Å²) in [5.74, 6) is -0.530. The van der Waals surface area contributed by atoms with Crippen LogP contribution in [0.5, 0.6) is 0 Å². The zero-order chi connectivity index (χ0) is 71.4. The molecule has 0 aliphatic heterocycles. The van der Waals surface area contributed by atoms with E-state index in [0.717, 1.165) is 115 Å². The van der Waals surface area contributed by atoms with Gasteiger partial charge in [-0.05, 0) is 37.5 Å². The predicted molar refractivity (Wildman–Crippen MR) is 395 cm³/mol. The number of ether oxygens (including phenoxy) is 4. The number of hydrogen-bond acceptors (Lipinski definition) is 15. The van der Waals surface area contributed by atoms with Gasteiger partial charge in [-0.15, -0.1) is 0 Å². The summed E-state index contributed by atoms with van der Waals surface area (Å²) in [7, 11) is -9.91. The standard InChI is InChI=1S/C78H152O17P2/c1-7-11-13-15-17-18-19-20-21-22-26-29-32-35-38-42-49-55-61-76(81)89-67-73(94-77(82)62-56-50-43-39-36-33-30-27-24-23-25-28-31-34-37-41-46-52-58-70(5)9-3)68-92-96(84,85)90-64-72(79)65-91-97(86,87)93-69-74(66-88-75(80)60-54-48-40-16-14-12-8-2)95-78(83)63-57-51-45-44-47-53-59-71(6)10-4/h70-74,79H,7-69H2,1-6H3,(H,84,85)(H,86,87)/t70?,71?,72-,73-,74-/m1/s1. The molecule has 0 spiro atoms. The fourth-order valence-electron chi connectivity index (χ4n) is 11.9. The maximum Gasteiger partial charge on any atom is 0.472 e. The lowest BCUT2D eigenvalue weighted by Gasteiger charge is -2.21. The second-order valence-corrected chi connectivity index (χ2v) is 31.5. The Morgan fingerprint density at radius 3 is 0.732 bits per heavy atom. The number of phosphoric acid groups is 2. The quantitative estimate of drug-likeness (QED) is 0.0222. The van der Waals surface area contributed by atoms with Crippen LogP contribution in [-0.4, -0.2) is 96.7 Å². The molecule has 0 aromatic rings. The summed E-state index contributed by atoms with van der Waals surface area (Å²) in [6.45, 7) is 9.58. The molecule has 0 bridgehead atoms. The average molecular weight is 1420 g/mol. The highest BCUT2D eigenvalue weighted by molar-refractivity contribution is 7.47. The van der Waals surface area contributed by atoms with Crippen molar-refractivity contribution in [2.24, 2.45) is 11.8 Å². The van der Waals surface area contributed by atoms with Crippen molar-refractivity contribution in [3.63, 3.8) is 0 Å². The van der Waals surface area contributed by atoms with Crippen LogP contribution in [0.4, 0.5) is 0 Å². The molecule has 3 N–H and O–H groups in total. The van der Waals surface area contributed by atoms with E-state index in [1.165, 1.54) is 212 Å². The molecule has 4 unspecified atom stereocenters. The fraction of sp³-hybridized carbons (Fsp3) is 0.949. The summed E-state index contributed by atoms with van der Waals surface area (Å²) < 4.78 is 68.4. The molecule has 576 valence electrons. The van der Waals surface area contributed by atoms with E-state index in [4.69, 9.17) is 37.0 Å². The van der Waals surface area contributed by atoms with E-state index in [1.807, 2.05) is 0 Å². The van der Waals surface area contributed by atoms with Gasteiger partial charge in [-0.3, -0.25) is 37.3 Å². The van der Waals surface area contributed by atoms with Gasteiger partial charge in [-0.1, -0.05) is 356 Å². The zero-order valence-electron chi connectivity index (χ0n) is 63.4. The number of hydrogen-bond donors (Lipinski definition) is 3. The van der Waals surface area contributed by atoms with Crippen LogP contribution in [0.25, 0.3) is 0 Å². The largest absolute Gasteiger partial charge is 0.472 e. The first kappa shape index (κ1) is 95.1. The molecule has 0 saturated heterocycles. The summed E-state index contributed by atoms with van der Waals surface area (Å²) in [6.07, 6.45) is 58.6. The van der Waals surface area contributed by atoms with Crippen molar-refractivity contribution in [2.75, 3.05) is 39.6 Å². The lowest BCUT2D eigenvalue weighted by atomic mass is 9.99. The van der Waals surface area contributed by atoms with Crippen molar-refractivity contribution in [3.8, 4) is 0 Å². The Morgan fingerprint density at radius 1 is 0.289 bits per heavy atom. The monoisotopic (exact) mass is 1420 g/mol. The smallest absolute Gasteiger partial charge is 0.462 e. The third-order valence-electron chi connectivity index (χ3n) is 18.9. The zero-order valence-corrected chi connectivity index (χ0v) is 65.2. The number of unbranched alkanes of at least 4 members (excludes halogenated alkanes) is 45. The number of carbonyl (C=O) groups excluding carboxylic acids is 4. The number of rotatable bonds is 77. The molecule has 0 rings (SSSR count). The van der Waals surface area contributed by atoms with Gasteiger partial charge in [0, 0.05) is 25.7 Å². The molecule has 0 fully saturated rings. The van der Waals surface area contributed by atoms with Crippen molar-refractivity contribution in [1.29, 1.82) is 0 Å². The number of aliphatic hydroxyl groups excluding tert-OH is 1. The molecule has 7 atom stereocenters. The van der Waals surface area contributed by atoms with Gasteiger partial charge in [-0.25, -0.2) is 9.13 Å². The number of aliphatic hydroxyl groups is 1. The molecular formula is C78H152O17P2. The van der Waals surface area contributed by atoms with Crippen molar-refractivity contribution in [3.05, 3.63) is 0 Å². The van der Waals surface area contributed by atoms with Crippen LogP contribution in [0.1, 0.15) is 408 Å². The minimum absolute atomic E-state index is 0.103. The van der Waals surface area contributed by atoms with Gasteiger partial charge in [0.2, 0.25) is 0 Å². The lowest BCUT2D eigenvalue weighted by molar-refractivity contribution is -0.161. The van der Waals surface area contributed by atoms with Crippen LogP contribution in [0, 0.1) is 11.8 Å². The van der Waals surface area contributed by atoms with E-state index in [-0.39, 0.29) is 25.7 Å². The van der Waals surface area contributed by atoms with Gasteiger partial charge in [0.25, 0.3) is 0 Å². The summed E-state index contributed by atoms with van der Waals surface area (Å²) in [4.78, 5) is 72.7. The highest BCUT2D eigenvalue weighted by Crippen LogP contribution is 2.45. The number of esters is 4. The van der Waals surface area contributed by atoms with Crippen LogP contribution in [0.3, 0.4) is 0 Å². The fourth-order valence-corrected chi connectivity index (χ4v) is 13.5. The van der Waals surface area contributed by atoms with E-state index in [1.54, 1.807) is 0 Å². The van der Waals surface area contributed by atoms with E-state index in [0.29, 0.717) is 25.7 Å². The molecular weight excluding hydrogens is 1270 g/mol. The summed E-state index contributed by atoms with van der Waals surface area (Å²) in [6, 6.07) is 0. The van der Waals surface area contributed by atoms with Crippen LogP contribution >= 0.6 is 15.6 Å². The summed E-state index contributed by atoms with van der Waals surface area (Å²) in [5, 5.41) is 10.6. The molecule has 19 heteroatoms. The second kappa shape index (κ2) is 69.8. The molecule has 0 aromatic carbocycles. The van der Waals surface area contributed by atoms with Crippen LogP contribution in [0.2, 0.25) is 0 Å². The minimum Gasteiger partial charge on any atom is -0.462 e. The Bertz CT molecular complexity index is 1880. The normalized spacial score (nSPS) is 14.5. The van der Waals surface area contributed by atoms with E-state index in [2.05, 4.69) is 41.5 Å². The third kappa shape index (κ3) is 69.5. The van der Waals surface area contributed by atoms with Crippen LogP contribution < -0.4 is 0 Å². The maximum atomic E-state index is 13.1. The first-order chi connectivity index (χ1) is 46.9. The molecule has 0 heterocycles. The topological polar surface area (TPSA) is 237 Å². The van der Waals surface area contributed by atoms with Gasteiger partial charge in [0.05, 0.1) is 26.4 Å². The Balaban J connectivity index is 5.15. The average Bonchev–Trinajstić information content (AvgIpc) is 1.30. The van der Waals surface area contributed by atoms with Crippen molar-refractivity contribution in [2.45, 2.75) is 426 Å². The molecule has 17 nitrogen and oxygen atoms in total. The molecule has 0 radical (unpaired) electrons. The Kier molecular flexibility index (Phi) is 68.4. The molecule has 0 aliphatic carbocycles. The first-order valence-corrected chi connectivity index (χ1v) is 43.6. The third-order valence-corrected chi connectivity index (χ3v) is 20.8. The van der Waals surface area contributed by atoms with Gasteiger partial charge in [-0.2, -0.15) is 0 Å². The van der Waals surface area contributed by atoms with E-state index >= 15 is 0 Å². The first-order valence-electron chi connectivity index (χ1n) is 40.6. The van der Waals surface area contributed by atoms with Gasteiger partial charge in [0.15, 0.2) is 12.2 Å². The lowest BCUT2D eigenvalue weighted by Crippen LogP contribution is -2.30. The van der Waals surface area contributed by atoms with E-state index < -0.39 is 97.5 Å². The highest BCUT2D eigenvalue weighted by atomic mass is 31.2. The van der Waals surface area contributed by atoms with Gasteiger partial charge in [0.1, 0.15) is 19.3 Å². The van der Waals surface area contributed by atoms with Crippen molar-refractivity contribution < 1.29 is 80.2 Å². The Morgan fingerprint density at radius 2 is 0.495 bits per heavy atom. The molecule has 97 heavy (non-hydrogen) atoms. The van der Waals surface area contributed by atoms with Crippen molar-refractivity contribution >= 4 is 39.5 Å². The number of carbonyl (C=O) groups is 4. The van der Waals surface area contributed by atoms with E-state index in [9.17, 15) is 43.2 Å². The molecule has 0 saturated carbocycles. The van der Waals surface area contributed by atoms with Crippen molar-refractivity contribution in [1.82, 2.24) is 0 Å². The highest BCUT2D eigenvalue weighted by Gasteiger charge is 2.30. The Labute approximate surface area is 594 Å². The second-order valence-electron chi connectivity index (χ2n) is 28.6. The summed E-state index contributed by atoms with van der Waals surface area (Å²) >= 11 is 0. The summed E-state index contributed by atoms with van der Waals surface area (Å²) in [5.41, 5.74) is 0. The number of phosphoric ester groups is 2. The van der Waals surface area contributed by atoms with Crippen LogP contribution in [0.15, 0.2) is 0 Å². The SMILES string of the molecule is CCCCCCCCCCCCCCCCCCCCC(=O)OC[C@H](COP(=O)(O)OC[C@@H](O)COP(=O)(O)OC[C@@H](COC(=O)CCCCCCCCC)OC(=O)CCCCCCCCC(C)CC)OC(=O)CCCCCCCCCCCCCCCCCCCCC(C)CC. The molecule has 0 amide bonds. The molecule has 0 aliphatic rings. The predicted octanol–water partition coefficient (Wildman–Crippen LogP) is 23.1.